The number of fused-ring (bicyclic) bond motifs is 1. The van der Waals surface area contributed by atoms with Gasteiger partial charge in [-0.15, -0.1) is 0 Å². The van der Waals surface area contributed by atoms with Crippen molar-refractivity contribution in [2.45, 2.75) is 6.61 Å². The van der Waals surface area contributed by atoms with Crippen LogP contribution in [0.4, 0.5) is 5.69 Å². The Labute approximate surface area is 135 Å². The number of rotatable bonds is 2. The third kappa shape index (κ3) is 2.45. The fraction of sp³-hybridized carbons (Fsp3) is 0.0714. The molecule has 3 N–H and O–H groups in total. The fourth-order valence-corrected chi connectivity index (χ4v) is 2.83. The van der Waals surface area contributed by atoms with Crippen molar-refractivity contribution in [3.05, 3.63) is 51.2 Å². The summed E-state index contributed by atoms with van der Waals surface area (Å²) in [6, 6.07) is 8.51. The summed E-state index contributed by atoms with van der Waals surface area (Å²) in [5.74, 6) is 0.441. The summed E-state index contributed by atoms with van der Waals surface area (Å²) in [7, 11) is 0. The van der Waals surface area contributed by atoms with E-state index in [2.05, 4.69) is 4.98 Å². The third-order valence-corrected chi connectivity index (χ3v) is 4.14. The molecule has 2 aromatic carbocycles. The second-order valence-electron chi connectivity index (χ2n) is 4.49. The lowest BCUT2D eigenvalue weighted by molar-refractivity contribution is 0.270. The van der Waals surface area contributed by atoms with Crippen LogP contribution >= 0.6 is 34.8 Å². The molecule has 0 saturated heterocycles. The van der Waals surface area contributed by atoms with E-state index in [0.717, 1.165) is 5.52 Å². The number of aliphatic hydroxyl groups excluding tert-OH is 1. The van der Waals surface area contributed by atoms with E-state index in [4.69, 9.17) is 40.5 Å². The molecule has 1 aromatic heterocycles. The van der Waals surface area contributed by atoms with Crippen LogP contribution in [0.15, 0.2) is 30.3 Å². The van der Waals surface area contributed by atoms with E-state index in [1.54, 1.807) is 28.8 Å². The third-order valence-electron chi connectivity index (χ3n) is 3.12. The van der Waals surface area contributed by atoms with Gasteiger partial charge in [0.05, 0.1) is 31.8 Å². The van der Waals surface area contributed by atoms with E-state index in [-0.39, 0.29) is 6.61 Å². The van der Waals surface area contributed by atoms with Gasteiger partial charge in [0, 0.05) is 5.69 Å². The van der Waals surface area contributed by atoms with Gasteiger partial charge in [-0.2, -0.15) is 0 Å². The van der Waals surface area contributed by atoms with Gasteiger partial charge in [-0.1, -0.05) is 34.8 Å². The lowest BCUT2D eigenvalue weighted by atomic mass is 10.2. The number of imidazole rings is 1. The fourth-order valence-electron chi connectivity index (χ4n) is 2.21. The van der Waals surface area contributed by atoms with E-state index in [0.29, 0.717) is 37.8 Å². The van der Waals surface area contributed by atoms with Crippen LogP contribution in [0.2, 0.25) is 15.1 Å². The number of benzene rings is 2. The number of hydrogen-bond donors (Lipinski definition) is 2. The molecule has 1 heterocycles. The highest BCUT2D eigenvalue weighted by molar-refractivity contribution is 6.43. The molecule has 4 nitrogen and oxygen atoms in total. The summed E-state index contributed by atoms with van der Waals surface area (Å²) < 4.78 is 1.74. The van der Waals surface area contributed by atoms with Crippen LogP contribution in [-0.2, 0) is 6.61 Å². The van der Waals surface area contributed by atoms with Gasteiger partial charge in [-0.25, -0.2) is 4.98 Å². The lowest BCUT2D eigenvalue weighted by Gasteiger charge is -2.11. The molecule has 7 heteroatoms. The lowest BCUT2D eigenvalue weighted by Crippen LogP contribution is -2.02. The number of aliphatic hydroxyl groups is 1. The average Bonchev–Trinajstić information content (AvgIpc) is 2.80. The second kappa shape index (κ2) is 5.39. The number of hydrogen-bond acceptors (Lipinski definition) is 3. The topological polar surface area (TPSA) is 64.1 Å². The Bertz CT molecular complexity index is 845. The van der Waals surface area contributed by atoms with Gasteiger partial charge in [-0.3, -0.25) is 4.57 Å². The molecule has 0 unspecified atom stereocenters. The van der Waals surface area contributed by atoms with Gasteiger partial charge in [-0.05, 0) is 30.3 Å². The zero-order valence-electron chi connectivity index (χ0n) is 10.6. The van der Waals surface area contributed by atoms with Crippen LogP contribution < -0.4 is 5.73 Å². The molecule has 0 atom stereocenters. The maximum atomic E-state index is 9.55. The summed E-state index contributed by atoms with van der Waals surface area (Å²) in [4.78, 5) is 4.36. The molecule has 0 saturated carbocycles. The Morgan fingerprint density at radius 3 is 2.48 bits per heavy atom. The predicted molar refractivity (Wildman–Crippen MR) is 86.4 cm³/mol. The van der Waals surface area contributed by atoms with Crippen molar-refractivity contribution in [3.8, 4) is 5.69 Å². The molecule has 0 aliphatic rings. The summed E-state index contributed by atoms with van der Waals surface area (Å²) >= 11 is 18.3. The largest absolute Gasteiger partial charge is 0.399 e. The summed E-state index contributed by atoms with van der Waals surface area (Å²) in [6.07, 6.45) is 0. The Balaban J connectivity index is 2.36. The van der Waals surface area contributed by atoms with Crippen LogP contribution in [0, 0.1) is 0 Å². The van der Waals surface area contributed by atoms with Crippen LogP contribution in [0.1, 0.15) is 5.82 Å². The van der Waals surface area contributed by atoms with E-state index >= 15 is 0 Å². The highest BCUT2D eigenvalue weighted by Gasteiger charge is 2.16. The number of aromatic nitrogens is 2. The first-order valence-corrected chi connectivity index (χ1v) is 7.17. The first kappa shape index (κ1) is 14.5. The number of nitrogen functional groups attached to an aromatic ring is 1. The normalized spacial score (nSPS) is 11.2. The predicted octanol–water partition coefficient (Wildman–Crippen LogP) is 4.06. The minimum atomic E-state index is -0.245. The molecule has 3 aromatic rings. The molecule has 3 rings (SSSR count). The summed E-state index contributed by atoms with van der Waals surface area (Å²) in [6.45, 7) is -0.245. The van der Waals surface area contributed by atoms with Crippen molar-refractivity contribution in [1.82, 2.24) is 9.55 Å². The molecule has 0 amide bonds. The van der Waals surface area contributed by atoms with Crippen molar-refractivity contribution < 1.29 is 5.11 Å². The van der Waals surface area contributed by atoms with Crippen molar-refractivity contribution in [2.75, 3.05) is 5.73 Å². The molecule has 0 radical (unpaired) electrons. The molecular weight excluding hydrogens is 333 g/mol. The Kier molecular flexibility index (Phi) is 3.71. The van der Waals surface area contributed by atoms with E-state index in [1.165, 1.54) is 0 Å². The monoisotopic (exact) mass is 341 g/mol. The Morgan fingerprint density at radius 2 is 1.76 bits per heavy atom. The second-order valence-corrected chi connectivity index (χ2v) is 5.71. The maximum Gasteiger partial charge on any atom is 0.140 e. The van der Waals surface area contributed by atoms with Crippen LogP contribution in [0.3, 0.4) is 0 Å². The number of nitrogens with two attached hydrogens (primary N) is 1. The Hall–Kier alpha value is -1.46. The molecular formula is C14H10Cl3N3O. The van der Waals surface area contributed by atoms with Crippen molar-refractivity contribution in [2.24, 2.45) is 0 Å². The zero-order chi connectivity index (χ0) is 15.1. The van der Waals surface area contributed by atoms with E-state index in [9.17, 15) is 5.11 Å². The molecule has 0 spiro atoms. The minimum Gasteiger partial charge on any atom is -0.399 e. The summed E-state index contributed by atoms with van der Waals surface area (Å²) in [5.41, 5.74) is 8.39. The first-order valence-electron chi connectivity index (χ1n) is 6.04. The standard InChI is InChI=1S/C14H10Cl3N3O/c15-8-4-10(17)13(5-9(8)16)20-12-2-1-7(18)3-11(12)19-14(20)6-21/h1-5,21H,6,18H2. The first-order chi connectivity index (χ1) is 10.0. The van der Waals surface area contributed by atoms with Gasteiger partial charge < -0.3 is 10.8 Å². The molecule has 0 aliphatic carbocycles. The molecule has 0 fully saturated rings. The van der Waals surface area contributed by atoms with Crippen molar-refractivity contribution in [3.63, 3.8) is 0 Å². The van der Waals surface area contributed by atoms with E-state index in [1.807, 2.05) is 6.07 Å². The van der Waals surface area contributed by atoms with Gasteiger partial charge in [0.25, 0.3) is 0 Å². The van der Waals surface area contributed by atoms with Gasteiger partial charge in [0.15, 0.2) is 0 Å². The highest BCUT2D eigenvalue weighted by atomic mass is 35.5. The highest BCUT2D eigenvalue weighted by Crippen LogP contribution is 2.34. The SMILES string of the molecule is Nc1ccc2c(c1)nc(CO)n2-c1cc(Cl)c(Cl)cc1Cl. The van der Waals surface area contributed by atoms with Crippen LogP contribution in [-0.4, -0.2) is 14.7 Å². The van der Waals surface area contributed by atoms with Crippen molar-refractivity contribution >= 4 is 51.5 Å². The molecule has 21 heavy (non-hydrogen) atoms. The molecule has 0 aliphatic heterocycles. The van der Waals surface area contributed by atoms with Crippen LogP contribution in [0.25, 0.3) is 16.7 Å². The maximum absolute atomic E-state index is 9.55. The number of nitrogens with zero attached hydrogens (tertiary/aromatic N) is 2. The smallest absolute Gasteiger partial charge is 0.140 e. The molecule has 0 bridgehead atoms. The average molecular weight is 343 g/mol. The molecule has 108 valence electrons. The zero-order valence-corrected chi connectivity index (χ0v) is 12.9. The number of anilines is 1. The number of halogens is 3. The minimum absolute atomic E-state index is 0.245. The quantitative estimate of drug-likeness (QED) is 0.545. The van der Waals surface area contributed by atoms with E-state index < -0.39 is 0 Å². The van der Waals surface area contributed by atoms with Gasteiger partial charge in [0.1, 0.15) is 12.4 Å². The summed E-state index contributed by atoms with van der Waals surface area (Å²) in [5, 5.41) is 10.7. The van der Waals surface area contributed by atoms with Gasteiger partial charge >= 0.3 is 0 Å². The van der Waals surface area contributed by atoms with Crippen LogP contribution in [0.5, 0.6) is 0 Å². The van der Waals surface area contributed by atoms with Gasteiger partial charge in [0.2, 0.25) is 0 Å². The van der Waals surface area contributed by atoms with Crippen molar-refractivity contribution in [1.29, 1.82) is 0 Å². The Morgan fingerprint density at radius 1 is 1.05 bits per heavy atom.